The van der Waals surface area contributed by atoms with Gasteiger partial charge in [0.05, 0.1) is 10.9 Å². The molecule has 1 aliphatic carbocycles. The van der Waals surface area contributed by atoms with Crippen LogP contribution in [0.1, 0.15) is 57.2 Å². The summed E-state index contributed by atoms with van der Waals surface area (Å²) in [6, 6.07) is 16.2. The molecule has 0 amide bonds. The molecular weight excluding hydrogens is 302 g/mol. The lowest BCUT2D eigenvalue weighted by Crippen LogP contribution is -2.60. The standard InChI is InChI=1S/C24H26N/c1-5-24(6-2)15-17-10-8-12-19-21(17)22-20-16(13-14-25(22)24)9-7-11-18(20)23(19,3)4/h7-14H,5-6,15H2,1-4H3/q+1. The number of aromatic nitrogens is 1. The van der Waals surface area contributed by atoms with Crippen molar-refractivity contribution in [1.82, 2.24) is 0 Å². The van der Waals surface area contributed by atoms with Crippen molar-refractivity contribution in [2.45, 2.75) is 57.9 Å². The maximum atomic E-state index is 2.62. The summed E-state index contributed by atoms with van der Waals surface area (Å²) in [5.41, 5.74) is 7.73. The van der Waals surface area contributed by atoms with E-state index in [9.17, 15) is 0 Å². The lowest BCUT2D eigenvalue weighted by atomic mass is 9.66. The fraction of sp³-hybridized carbons (Fsp3) is 0.375. The molecule has 0 saturated heterocycles. The van der Waals surface area contributed by atoms with E-state index in [2.05, 4.69) is 80.9 Å². The van der Waals surface area contributed by atoms with Crippen LogP contribution in [0.4, 0.5) is 0 Å². The zero-order chi connectivity index (χ0) is 17.4. The second kappa shape index (κ2) is 4.72. The van der Waals surface area contributed by atoms with Crippen molar-refractivity contribution in [2.75, 3.05) is 0 Å². The Labute approximate surface area is 150 Å². The first-order chi connectivity index (χ1) is 12.0. The Hall–Kier alpha value is -2.15. The van der Waals surface area contributed by atoms with E-state index in [0.717, 1.165) is 6.42 Å². The van der Waals surface area contributed by atoms with Crippen molar-refractivity contribution in [3.63, 3.8) is 0 Å². The Balaban J connectivity index is 2.06. The Bertz CT molecular complexity index is 1020. The third kappa shape index (κ3) is 1.67. The van der Waals surface area contributed by atoms with Gasteiger partial charge in [0.25, 0.3) is 0 Å². The van der Waals surface area contributed by atoms with Crippen molar-refractivity contribution in [3.05, 3.63) is 65.4 Å². The molecule has 5 rings (SSSR count). The highest BCUT2D eigenvalue weighted by Gasteiger charge is 2.48. The normalized spacial score (nSPS) is 18.4. The van der Waals surface area contributed by atoms with Gasteiger partial charge in [-0.25, -0.2) is 0 Å². The molecule has 0 N–H and O–H groups in total. The molecule has 0 bridgehead atoms. The number of hydrogen-bond acceptors (Lipinski definition) is 0. The van der Waals surface area contributed by atoms with E-state index in [4.69, 9.17) is 0 Å². The zero-order valence-corrected chi connectivity index (χ0v) is 15.7. The van der Waals surface area contributed by atoms with Gasteiger partial charge in [0, 0.05) is 30.7 Å². The first-order valence-electron chi connectivity index (χ1n) is 9.64. The SMILES string of the molecule is CCC1(CC)Cc2cccc3c2-c2c4c(cccc4cc[n+]21)C3(C)C. The second-order valence-electron chi connectivity index (χ2n) is 8.38. The molecule has 1 heteroatoms. The molecule has 0 fully saturated rings. The van der Waals surface area contributed by atoms with Gasteiger partial charge in [0.1, 0.15) is 0 Å². The Morgan fingerprint density at radius 3 is 2.40 bits per heavy atom. The van der Waals surface area contributed by atoms with Crippen LogP contribution >= 0.6 is 0 Å². The molecule has 1 nitrogen and oxygen atoms in total. The van der Waals surface area contributed by atoms with Gasteiger partial charge in [-0.15, -0.1) is 0 Å². The quantitative estimate of drug-likeness (QED) is 0.547. The molecule has 1 aromatic heterocycles. The fourth-order valence-electron chi connectivity index (χ4n) is 5.46. The highest BCUT2D eigenvalue weighted by atomic mass is 15.1. The van der Waals surface area contributed by atoms with Gasteiger partial charge >= 0.3 is 0 Å². The van der Waals surface area contributed by atoms with Crippen LogP contribution < -0.4 is 4.57 Å². The summed E-state index contributed by atoms with van der Waals surface area (Å²) in [6.07, 6.45) is 5.83. The van der Waals surface area contributed by atoms with Gasteiger partial charge in [-0.1, -0.05) is 64.1 Å². The molecule has 2 aliphatic rings. The van der Waals surface area contributed by atoms with Gasteiger partial charge < -0.3 is 0 Å². The summed E-state index contributed by atoms with van der Waals surface area (Å²) in [7, 11) is 0. The molecule has 126 valence electrons. The monoisotopic (exact) mass is 328 g/mol. The highest BCUT2D eigenvalue weighted by Crippen LogP contribution is 2.51. The van der Waals surface area contributed by atoms with E-state index in [1.54, 1.807) is 0 Å². The molecule has 25 heavy (non-hydrogen) atoms. The minimum absolute atomic E-state index is 0.0511. The third-order valence-electron chi connectivity index (χ3n) is 7.06. The largest absolute Gasteiger partial charge is 0.221 e. The van der Waals surface area contributed by atoms with E-state index in [1.807, 2.05) is 0 Å². The predicted molar refractivity (Wildman–Crippen MR) is 104 cm³/mol. The summed E-state index contributed by atoms with van der Waals surface area (Å²) >= 11 is 0. The zero-order valence-electron chi connectivity index (χ0n) is 15.7. The van der Waals surface area contributed by atoms with Crippen LogP contribution in [-0.2, 0) is 17.4 Å². The predicted octanol–water partition coefficient (Wildman–Crippen LogP) is 5.51. The number of hydrogen-bond donors (Lipinski definition) is 0. The summed E-state index contributed by atoms with van der Waals surface area (Å²) < 4.78 is 2.62. The van der Waals surface area contributed by atoms with Crippen LogP contribution in [0.3, 0.4) is 0 Å². The molecular formula is C24H26N+. The van der Waals surface area contributed by atoms with Crippen LogP contribution in [0.2, 0.25) is 0 Å². The van der Waals surface area contributed by atoms with E-state index < -0.39 is 0 Å². The summed E-state index contributed by atoms with van der Waals surface area (Å²) in [4.78, 5) is 0. The molecule has 1 aliphatic heterocycles. The minimum atomic E-state index is 0.0511. The summed E-state index contributed by atoms with van der Waals surface area (Å²) in [5, 5.41) is 2.85. The summed E-state index contributed by atoms with van der Waals surface area (Å²) in [5.74, 6) is 0. The van der Waals surface area contributed by atoms with E-state index in [-0.39, 0.29) is 11.0 Å². The Morgan fingerprint density at radius 2 is 1.64 bits per heavy atom. The lowest BCUT2D eigenvalue weighted by molar-refractivity contribution is -0.757. The van der Waals surface area contributed by atoms with E-state index in [0.29, 0.717) is 0 Å². The summed E-state index contributed by atoms with van der Waals surface area (Å²) in [6.45, 7) is 9.47. The maximum absolute atomic E-state index is 2.62. The molecule has 0 atom stereocenters. The second-order valence-corrected chi connectivity index (χ2v) is 8.38. The van der Waals surface area contributed by atoms with Crippen molar-refractivity contribution >= 4 is 10.8 Å². The lowest BCUT2D eigenvalue weighted by Gasteiger charge is -2.40. The van der Waals surface area contributed by atoms with Crippen molar-refractivity contribution in [1.29, 1.82) is 0 Å². The Morgan fingerprint density at radius 1 is 0.920 bits per heavy atom. The molecule has 2 heterocycles. The third-order valence-corrected chi connectivity index (χ3v) is 7.06. The maximum Gasteiger partial charge on any atom is 0.221 e. The number of nitrogens with zero attached hydrogens (tertiary/aromatic N) is 1. The average Bonchev–Trinajstić information content (AvgIpc) is 2.64. The van der Waals surface area contributed by atoms with Gasteiger partial charge in [-0.3, -0.25) is 0 Å². The van der Waals surface area contributed by atoms with Crippen molar-refractivity contribution in [2.24, 2.45) is 0 Å². The molecule has 0 spiro atoms. The van der Waals surface area contributed by atoms with Crippen molar-refractivity contribution < 1.29 is 4.57 Å². The fourth-order valence-corrected chi connectivity index (χ4v) is 5.46. The molecule has 0 unspecified atom stereocenters. The number of pyridine rings is 1. The number of rotatable bonds is 2. The van der Waals surface area contributed by atoms with Gasteiger partial charge in [0.15, 0.2) is 11.7 Å². The topological polar surface area (TPSA) is 3.88 Å². The Kier molecular flexibility index (Phi) is 2.86. The molecule has 3 aromatic rings. The van der Waals surface area contributed by atoms with Gasteiger partial charge in [-0.2, -0.15) is 4.57 Å². The minimum Gasteiger partial charge on any atom is -0.192 e. The van der Waals surface area contributed by atoms with Gasteiger partial charge in [0.2, 0.25) is 5.69 Å². The van der Waals surface area contributed by atoms with E-state index >= 15 is 0 Å². The van der Waals surface area contributed by atoms with Crippen LogP contribution in [0, 0.1) is 0 Å². The van der Waals surface area contributed by atoms with E-state index in [1.165, 1.54) is 51.6 Å². The van der Waals surface area contributed by atoms with Crippen LogP contribution in [-0.4, -0.2) is 0 Å². The van der Waals surface area contributed by atoms with Crippen LogP contribution in [0.25, 0.3) is 22.0 Å². The van der Waals surface area contributed by atoms with Crippen molar-refractivity contribution in [3.8, 4) is 11.3 Å². The highest BCUT2D eigenvalue weighted by molar-refractivity contribution is 6.01. The average molecular weight is 328 g/mol. The molecule has 2 aromatic carbocycles. The van der Waals surface area contributed by atoms with Crippen LogP contribution in [0.15, 0.2) is 48.7 Å². The molecule has 0 radical (unpaired) electrons. The van der Waals surface area contributed by atoms with Gasteiger partial charge in [-0.05, 0) is 22.1 Å². The first-order valence-corrected chi connectivity index (χ1v) is 9.64. The number of benzene rings is 2. The first kappa shape index (κ1) is 15.1. The smallest absolute Gasteiger partial charge is 0.192 e. The molecule has 0 saturated carbocycles. The van der Waals surface area contributed by atoms with Crippen LogP contribution in [0.5, 0.6) is 0 Å².